The highest BCUT2D eigenvalue weighted by Crippen LogP contribution is 2.15. The number of halogens is 2. The molecule has 30 heavy (non-hydrogen) atoms. The van der Waals surface area contributed by atoms with Gasteiger partial charge in [-0.25, -0.2) is 0 Å². The molecule has 0 unspecified atom stereocenters. The van der Waals surface area contributed by atoms with Crippen molar-refractivity contribution in [1.29, 1.82) is 0 Å². The van der Waals surface area contributed by atoms with Gasteiger partial charge in [-0.3, -0.25) is 14.5 Å². The summed E-state index contributed by atoms with van der Waals surface area (Å²) < 4.78 is 33.6. The van der Waals surface area contributed by atoms with Gasteiger partial charge in [0.05, 0.1) is 19.7 Å². The number of nitrogens with zero attached hydrogens (tertiary/aromatic N) is 1. The summed E-state index contributed by atoms with van der Waals surface area (Å²) in [5, 5.41) is 2.82. The number of amides is 1. The van der Waals surface area contributed by atoms with Crippen molar-refractivity contribution in [3.63, 3.8) is 0 Å². The van der Waals surface area contributed by atoms with Crippen molar-refractivity contribution in [3.05, 3.63) is 65.7 Å². The highest BCUT2D eigenvalue weighted by molar-refractivity contribution is 5.79. The predicted molar refractivity (Wildman–Crippen MR) is 108 cm³/mol. The van der Waals surface area contributed by atoms with Gasteiger partial charge < -0.3 is 14.8 Å². The molecule has 1 N–H and O–H groups in total. The summed E-state index contributed by atoms with van der Waals surface area (Å²) >= 11 is 0. The Morgan fingerprint density at radius 1 is 1.00 bits per heavy atom. The van der Waals surface area contributed by atoms with Gasteiger partial charge in [-0.15, -0.1) is 0 Å². The minimum Gasteiger partial charge on any atom is -0.465 e. The molecule has 162 valence electrons. The number of hydrogen-bond donors (Lipinski definition) is 1. The minimum atomic E-state index is -2.86. The van der Waals surface area contributed by atoms with Crippen LogP contribution >= 0.6 is 0 Å². The zero-order valence-corrected chi connectivity index (χ0v) is 16.9. The van der Waals surface area contributed by atoms with Gasteiger partial charge in [0, 0.05) is 13.1 Å². The van der Waals surface area contributed by atoms with Crippen molar-refractivity contribution in [2.75, 3.05) is 26.2 Å². The number of benzene rings is 2. The van der Waals surface area contributed by atoms with E-state index in [1.807, 2.05) is 30.3 Å². The molecule has 0 radical (unpaired) electrons. The number of hydrogen-bond acceptors (Lipinski definition) is 5. The minimum absolute atomic E-state index is 0.0156. The molecule has 0 saturated heterocycles. The summed E-state index contributed by atoms with van der Waals surface area (Å²) in [6.45, 7) is 0.0504. The second kappa shape index (κ2) is 12.5. The molecule has 0 aliphatic heterocycles. The molecule has 2 aromatic carbocycles. The Labute approximate surface area is 174 Å². The fourth-order valence-electron chi connectivity index (χ4n) is 2.84. The fraction of sp³-hybridized carbons (Fsp3) is 0.364. The molecular formula is C22H26F2N2O4. The molecule has 0 spiro atoms. The first kappa shape index (κ1) is 23.3. The molecule has 0 saturated carbocycles. The summed E-state index contributed by atoms with van der Waals surface area (Å²) in [7, 11) is 0. The van der Waals surface area contributed by atoms with E-state index in [4.69, 9.17) is 4.74 Å². The molecule has 6 nitrogen and oxygen atoms in total. The maximum absolute atomic E-state index is 12.3. The topological polar surface area (TPSA) is 67.9 Å². The third-order valence-corrected chi connectivity index (χ3v) is 4.16. The summed E-state index contributed by atoms with van der Waals surface area (Å²) in [6, 6.07) is 15.8. The predicted octanol–water partition coefficient (Wildman–Crippen LogP) is 3.01. The first-order valence-electron chi connectivity index (χ1n) is 9.68. The van der Waals surface area contributed by atoms with Gasteiger partial charge in [0.25, 0.3) is 0 Å². The van der Waals surface area contributed by atoms with Gasteiger partial charge in [-0.2, -0.15) is 8.78 Å². The number of alkyl halides is 2. The fourth-order valence-corrected chi connectivity index (χ4v) is 2.84. The Kier molecular flexibility index (Phi) is 9.73. The molecule has 0 bridgehead atoms. The van der Waals surface area contributed by atoms with E-state index < -0.39 is 6.61 Å². The summed E-state index contributed by atoms with van der Waals surface area (Å²) in [4.78, 5) is 25.9. The smallest absolute Gasteiger partial charge is 0.387 e. The van der Waals surface area contributed by atoms with Crippen LogP contribution in [0.15, 0.2) is 54.6 Å². The second-order valence-corrected chi connectivity index (χ2v) is 6.56. The van der Waals surface area contributed by atoms with E-state index in [9.17, 15) is 18.4 Å². The van der Waals surface area contributed by atoms with E-state index in [-0.39, 0.29) is 37.3 Å². The Bertz CT molecular complexity index is 785. The summed E-state index contributed by atoms with van der Waals surface area (Å²) in [5.41, 5.74) is 1.87. The van der Waals surface area contributed by atoms with Crippen molar-refractivity contribution < 1.29 is 27.8 Å². The quantitative estimate of drug-likeness (QED) is 0.535. The largest absolute Gasteiger partial charge is 0.465 e. The van der Waals surface area contributed by atoms with Crippen LogP contribution in [-0.2, 0) is 27.3 Å². The zero-order valence-electron chi connectivity index (χ0n) is 16.9. The molecule has 2 rings (SSSR count). The van der Waals surface area contributed by atoms with Crippen LogP contribution in [0.2, 0.25) is 0 Å². The molecule has 0 atom stereocenters. The van der Waals surface area contributed by atoms with Gasteiger partial charge in [0.2, 0.25) is 5.91 Å². The van der Waals surface area contributed by atoms with Crippen molar-refractivity contribution in [2.24, 2.45) is 0 Å². The van der Waals surface area contributed by atoms with Gasteiger partial charge in [-0.1, -0.05) is 42.5 Å². The first-order valence-corrected chi connectivity index (χ1v) is 9.68. The van der Waals surface area contributed by atoms with E-state index in [1.54, 1.807) is 24.0 Å². The average molecular weight is 420 g/mol. The van der Waals surface area contributed by atoms with Gasteiger partial charge in [0.15, 0.2) is 0 Å². The van der Waals surface area contributed by atoms with Crippen LogP contribution in [0, 0.1) is 0 Å². The standard InChI is InChI=1S/C22H26F2N2O4/c1-2-29-21(28)16-26(14-18-6-4-3-5-7-18)15-20(27)25-13-12-17-8-10-19(11-9-17)30-22(23)24/h3-11,22H,2,12-16H2,1H3,(H,25,27). The number of nitrogens with one attached hydrogen (secondary N) is 1. The SMILES string of the molecule is CCOC(=O)CN(CC(=O)NCCc1ccc(OC(F)F)cc1)Cc1ccccc1. The van der Waals surface area contributed by atoms with Crippen LogP contribution in [0.5, 0.6) is 5.75 Å². The van der Waals surface area contributed by atoms with Crippen LogP contribution in [0.3, 0.4) is 0 Å². The lowest BCUT2D eigenvalue weighted by molar-refractivity contribution is -0.144. The number of ether oxygens (including phenoxy) is 2. The van der Waals surface area contributed by atoms with E-state index >= 15 is 0 Å². The Balaban J connectivity index is 1.83. The van der Waals surface area contributed by atoms with E-state index in [2.05, 4.69) is 10.1 Å². The van der Waals surface area contributed by atoms with Gasteiger partial charge in [-0.05, 0) is 36.6 Å². The number of esters is 1. The summed E-state index contributed by atoms with van der Waals surface area (Å²) in [5.74, 6) is -0.506. The van der Waals surface area contributed by atoms with Gasteiger partial charge >= 0.3 is 12.6 Å². The lowest BCUT2D eigenvalue weighted by atomic mass is 10.1. The van der Waals surface area contributed by atoms with E-state index in [0.29, 0.717) is 19.5 Å². The third-order valence-electron chi connectivity index (χ3n) is 4.16. The molecule has 1 amide bonds. The second-order valence-electron chi connectivity index (χ2n) is 6.56. The molecule has 0 fully saturated rings. The molecule has 0 aliphatic carbocycles. The highest BCUT2D eigenvalue weighted by Gasteiger charge is 2.16. The molecule has 8 heteroatoms. The Morgan fingerprint density at radius 3 is 2.33 bits per heavy atom. The Hall–Kier alpha value is -3.00. The number of rotatable bonds is 12. The monoisotopic (exact) mass is 420 g/mol. The van der Waals surface area contributed by atoms with Crippen molar-refractivity contribution >= 4 is 11.9 Å². The average Bonchev–Trinajstić information content (AvgIpc) is 2.70. The third kappa shape index (κ3) is 9.00. The lowest BCUT2D eigenvalue weighted by Gasteiger charge is -2.21. The molecule has 2 aromatic rings. The van der Waals surface area contributed by atoms with Crippen LogP contribution in [-0.4, -0.2) is 49.6 Å². The molecule has 0 aliphatic rings. The van der Waals surface area contributed by atoms with Crippen molar-refractivity contribution in [3.8, 4) is 5.75 Å². The lowest BCUT2D eigenvalue weighted by Crippen LogP contribution is -2.40. The number of carbonyl (C=O) groups excluding carboxylic acids is 2. The van der Waals surface area contributed by atoms with Gasteiger partial charge in [0.1, 0.15) is 5.75 Å². The zero-order chi connectivity index (χ0) is 21.8. The van der Waals surface area contributed by atoms with Crippen LogP contribution in [0.1, 0.15) is 18.1 Å². The van der Waals surface area contributed by atoms with Crippen LogP contribution in [0.4, 0.5) is 8.78 Å². The molecule has 0 heterocycles. The van der Waals surface area contributed by atoms with Crippen LogP contribution < -0.4 is 10.1 Å². The Morgan fingerprint density at radius 2 is 1.70 bits per heavy atom. The maximum atomic E-state index is 12.3. The highest BCUT2D eigenvalue weighted by atomic mass is 19.3. The maximum Gasteiger partial charge on any atom is 0.387 e. The normalized spacial score (nSPS) is 10.8. The van der Waals surface area contributed by atoms with Crippen LogP contribution in [0.25, 0.3) is 0 Å². The van der Waals surface area contributed by atoms with Crippen molar-refractivity contribution in [2.45, 2.75) is 26.5 Å². The number of carbonyl (C=O) groups is 2. The summed E-state index contributed by atoms with van der Waals surface area (Å²) in [6.07, 6.45) is 0.539. The molecule has 0 aromatic heterocycles. The first-order chi connectivity index (χ1) is 14.5. The van der Waals surface area contributed by atoms with E-state index in [1.165, 1.54) is 12.1 Å². The van der Waals surface area contributed by atoms with E-state index in [0.717, 1.165) is 11.1 Å². The molecular weight excluding hydrogens is 394 g/mol. The van der Waals surface area contributed by atoms with Crippen molar-refractivity contribution in [1.82, 2.24) is 10.2 Å².